The lowest BCUT2D eigenvalue weighted by molar-refractivity contribution is 0.171. The van der Waals surface area contributed by atoms with Crippen molar-refractivity contribution in [1.82, 2.24) is 9.62 Å². The highest BCUT2D eigenvalue weighted by molar-refractivity contribution is 9.10. The van der Waals surface area contributed by atoms with Crippen molar-refractivity contribution in [3.63, 3.8) is 0 Å². The summed E-state index contributed by atoms with van der Waals surface area (Å²) in [4.78, 5) is 0.223. The van der Waals surface area contributed by atoms with Crippen LogP contribution in [0.25, 0.3) is 0 Å². The molecule has 0 aliphatic carbocycles. The molecule has 1 aromatic rings. The fourth-order valence-electron chi connectivity index (χ4n) is 2.50. The molecular weight excluding hydrogens is 360 g/mol. The Labute approximate surface area is 132 Å². The quantitative estimate of drug-likeness (QED) is 0.839. The van der Waals surface area contributed by atoms with Gasteiger partial charge in [0.25, 0.3) is 0 Å². The van der Waals surface area contributed by atoms with Gasteiger partial charge in [-0.05, 0) is 28.9 Å². The van der Waals surface area contributed by atoms with Gasteiger partial charge in [0.15, 0.2) is 11.5 Å². The summed E-state index contributed by atoms with van der Waals surface area (Å²) in [5, 5.41) is 3.24. The smallest absolute Gasteiger partial charge is 0.244 e. The lowest BCUT2D eigenvalue weighted by atomic mass is 10.3. The Morgan fingerprint density at radius 3 is 2.62 bits per heavy atom. The first-order chi connectivity index (χ1) is 9.98. The number of sulfonamides is 1. The molecule has 0 saturated carbocycles. The third kappa shape index (κ3) is 2.90. The van der Waals surface area contributed by atoms with Crippen LogP contribution in [0, 0.1) is 0 Å². The number of hydrogen-bond donors (Lipinski definition) is 1. The lowest BCUT2D eigenvalue weighted by Crippen LogP contribution is -2.51. The zero-order valence-corrected chi connectivity index (χ0v) is 14.0. The van der Waals surface area contributed by atoms with E-state index in [0.29, 0.717) is 48.8 Å². The Kier molecular flexibility index (Phi) is 4.13. The molecule has 1 fully saturated rings. The number of hydrogen-bond acceptors (Lipinski definition) is 5. The fraction of sp³-hybridized carbons (Fsp3) is 0.538. The van der Waals surface area contributed by atoms with Gasteiger partial charge in [-0.1, -0.05) is 0 Å². The number of nitrogens with one attached hydrogen (secondary N) is 1. The molecule has 0 amide bonds. The van der Waals surface area contributed by atoms with Crippen molar-refractivity contribution >= 4 is 26.0 Å². The first-order valence-corrected chi connectivity index (χ1v) is 9.04. The zero-order chi connectivity index (χ0) is 15.0. The van der Waals surface area contributed by atoms with Gasteiger partial charge in [-0.15, -0.1) is 0 Å². The highest BCUT2D eigenvalue weighted by atomic mass is 79.9. The summed E-state index contributed by atoms with van der Waals surface area (Å²) >= 11 is 3.34. The second kappa shape index (κ2) is 5.75. The molecular formula is C13H17BrN2O4S. The van der Waals surface area contributed by atoms with E-state index >= 15 is 0 Å². The molecule has 0 spiro atoms. The van der Waals surface area contributed by atoms with E-state index in [1.165, 1.54) is 4.31 Å². The molecule has 116 valence electrons. The summed E-state index contributed by atoms with van der Waals surface area (Å²) in [6.07, 6.45) is 0. The van der Waals surface area contributed by atoms with Crippen LogP contribution in [0.1, 0.15) is 6.92 Å². The highest BCUT2D eigenvalue weighted by Gasteiger charge is 2.31. The molecule has 0 aromatic heterocycles. The lowest BCUT2D eigenvalue weighted by Gasteiger charge is -2.31. The second-order valence-corrected chi connectivity index (χ2v) is 7.91. The number of fused-ring (bicyclic) bond motifs is 1. The summed E-state index contributed by atoms with van der Waals surface area (Å²) < 4.78 is 38.6. The maximum absolute atomic E-state index is 12.8. The number of benzene rings is 1. The SMILES string of the molecule is C[C@@H]1CN(S(=O)(=O)c2cc3c(cc2Br)OCCO3)CCN1. The molecule has 1 N–H and O–H groups in total. The van der Waals surface area contributed by atoms with Crippen molar-refractivity contribution in [1.29, 1.82) is 0 Å². The third-order valence-corrected chi connectivity index (χ3v) is 6.37. The van der Waals surface area contributed by atoms with Gasteiger partial charge in [0.05, 0.1) is 0 Å². The fourth-order valence-corrected chi connectivity index (χ4v) is 5.02. The average Bonchev–Trinajstić information content (AvgIpc) is 2.46. The van der Waals surface area contributed by atoms with Crippen molar-refractivity contribution in [2.45, 2.75) is 17.9 Å². The molecule has 3 rings (SSSR count). The van der Waals surface area contributed by atoms with E-state index in [4.69, 9.17) is 9.47 Å². The largest absolute Gasteiger partial charge is 0.486 e. The Morgan fingerprint density at radius 1 is 1.29 bits per heavy atom. The van der Waals surface area contributed by atoms with Crippen molar-refractivity contribution in [2.24, 2.45) is 0 Å². The first-order valence-electron chi connectivity index (χ1n) is 6.81. The Hall–Kier alpha value is -0.830. The molecule has 1 aromatic carbocycles. The normalized spacial score (nSPS) is 23.0. The van der Waals surface area contributed by atoms with Gasteiger partial charge < -0.3 is 14.8 Å². The Morgan fingerprint density at radius 2 is 1.95 bits per heavy atom. The van der Waals surface area contributed by atoms with Gasteiger partial charge in [-0.2, -0.15) is 4.31 Å². The molecule has 0 radical (unpaired) electrons. The van der Waals surface area contributed by atoms with E-state index < -0.39 is 10.0 Å². The zero-order valence-electron chi connectivity index (χ0n) is 11.6. The van der Waals surface area contributed by atoms with Crippen LogP contribution in [0.3, 0.4) is 0 Å². The number of piperazine rings is 1. The molecule has 0 bridgehead atoms. The summed E-state index contributed by atoms with van der Waals surface area (Å²) in [6.45, 7) is 4.46. The Bertz CT molecular complexity index is 650. The van der Waals surface area contributed by atoms with Crippen LogP contribution < -0.4 is 14.8 Å². The molecule has 1 saturated heterocycles. The number of ether oxygens (including phenoxy) is 2. The van der Waals surface area contributed by atoms with Crippen LogP contribution in [0.5, 0.6) is 11.5 Å². The van der Waals surface area contributed by atoms with Crippen LogP contribution in [0.4, 0.5) is 0 Å². The van der Waals surface area contributed by atoms with Gasteiger partial charge in [-0.3, -0.25) is 0 Å². The average molecular weight is 377 g/mol. The van der Waals surface area contributed by atoms with E-state index in [2.05, 4.69) is 21.2 Å². The van der Waals surface area contributed by atoms with Crippen molar-refractivity contribution in [3.8, 4) is 11.5 Å². The van der Waals surface area contributed by atoms with Gasteiger partial charge in [0.1, 0.15) is 18.1 Å². The minimum Gasteiger partial charge on any atom is -0.486 e. The van der Waals surface area contributed by atoms with Crippen LogP contribution in [0.2, 0.25) is 0 Å². The van der Waals surface area contributed by atoms with E-state index in [9.17, 15) is 8.42 Å². The third-order valence-electron chi connectivity index (χ3n) is 3.55. The van der Waals surface area contributed by atoms with E-state index in [1.807, 2.05) is 6.92 Å². The monoisotopic (exact) mass is 376 g/mol. The molecule has 6 nitrogen and oxygen atoms in total. The van der Waals surface area contributed by atoms with Gasteiger partial charge in [-0.25, -0.2) is 8.42 Å². The van der Waals surface area contributed by atoms with E-state index in [-0.39, 0.29) is 10.9 Å². The van der Waals surface area contributed by atoms with Gasteiger partial charge in [0, 0.05) is 36.2 Å². The van der Waals surface area contributed by atoms with Gasteiger partial charge >= 0.3 is 0 Å². The van der Waals surface area contributed by atoms with Crippen LogP contribution in [-0.2, 0) is 10.0 Å². The van der Waals surface area contributed by atoms with Crippen molar-refractivity contribution in [3.05, 3.63) is 16.6 Å². The maximum Gasteiger partial charge on any atom is 0.244 e. The summed E-state index contributed by atoms with van der Waals surface area (Å²) in [5.41, 5.74) is 0. The first kappa shape index (κ1) is 15.1. The second-order valence-electron chi connectivity index (χ2n) is 5.14. The molecule has 1 atom stereocenters. The predicted molar refractivity (Wildman–Crippen MR) is 81.4 cm³/mol. The summed E-state index contributed by atoms with van der Waals surface area (Å²) in [7, 11) is -3.55. The standard InChI is InChI=1S/C13H17BrN2O4S/c1-9-8-16(3-2-15-9)21(17,18)13-7-12-11(6-10(13)14)19-4-5-20-12/h6-7,9,15H,2-5,8H2,1H3/t9-/m1/s1. The van der Waals surface area contributed by atoms with Crippen molar-refractivity contribution < 1.29 is 17.9 Å². The molecule has 2 aliphatic rings. The maximum atomic E-state index is 12.8. The minimum absolute atomic E-state index is 0.143. The van der Waals surface area contributed by atoms with Crippen molar-refractivity contribution in [2.75, 3.05) is 32.8 Å². The van der Waals surface area contributed by atoms with Crippen LogP contribution >= 0.6 is 15.9 Å². The number of nitrogens with zero attached hydrogens (tertiary/aromatic N) is 1. The van der Waals surface area contributed by atoms with E-state index in [1.54, 1.807) is 12.1 Å². The Balaban J connectivity index is 1.98. The topological polar surface area (TPSA) is 67.9 Å². The number of halogens is 1. The van der Waals surface area contributed by atoms with Crippen LogP contribution in [0.15, 0.2) is 21.5 Å². The highest BCUT2D eigenvalue weighted by Crippen LogP contribution is 2.38. The van der Waals surface area contributed by atoms with Gasteiger partial charge in [0.2, 0.25) is 10.0 Å². The number of rotatable bonds is 2. The van der Waals surface area contributed by atoms with Crippen LogP contribution in [-0.4, -0.2) is 51.6 Å². The molecule has 0 unspecified atom stereocenters. The molecule has 8 heteroatoms. The molecule has 2 aliphatic heterocycles. The predicted octanol–water partition coefficient (Wildman–Crippen LogP) is 1.20. The minimum atomic E-state index is -3.55. The molecule has 21 heavy (non-hydrogen) atoms. The molecule has 2 heterocycles. The summed E-state index contributed by atoms with van der Waals surface area (Å²) in [6, 6.07) is 3.35. The van der Waals surface area contributed by atoms with E-state index in [0.717, 1.165) is 0 Å². The summed E-state index contributed by atoms with van der Waals surface area (Å²) in [5.74, 6) is 1.05.